The average Bonchev–Trinajstić information content (AvgIpc) is 2.57. The van der Waals surface area contributed by atoms with Gasteiger partial charge < -0.3 is 10.1 Å². The van der Waals surface area contributed by atoms with Gasteiger partial charge in [0.2, 0.25) is 0 Å². The van der Waals surface area contributed by atoms with Gasteiger partial charge in [-0.05, 0) is 33.0 Å². The number of nitrogens with zero attached hydrogens (tertiary/aromatic N) is 4. The topological polar surface area (TPSA) is 64.9 Å². The van der Waals surface area contributed by atoms with Crippen molar-refractivity contribution in [3.8, 4) is 0 Å². The first-order chi connectivity index (χ1) is 7.40. The summed E-state index contributed by atoms with van der Waals surface area (Å²) in [5.74, 6) is 0.736. The summed E-state index contributed by atoms with van der Waals surface area (Å²) < 4.78 is 5.72. The third kappa shape index (κ3) is 4.67. The fraction of sp³-hybridized carbons (Fsp3) is 0.900. The normalized spacial score (nSPS) is 14.1. The summed E-state index contributed by atoms with van der Waals surface area (Å²) >= 11 is 0. The minimum absolute atomic E-state index is 0.120. The van der Waals surface area contributed by atoms with Crippen molar-refractivity contribution in [2.24, 2.45) is 7.05 Å². The molecule has 0 bridgehead atoms. The lowest BCUT2D eigenvalue weighted by Crippen LogP contribution is -2.36. The molecule has 0 fully saturated rings. The van der Waals surface area contributed by atoms with Crippen LogP contribution in [-0.2, 0) is 18.2 Å². The SMILES string of the molecule is CNC(COC(C)(C)C)Cc1nnn(C)n1. The van der Waals surface area contributed by atoms with Crippen LogP contribution in [0.15, 0.2) is 0 Å². The van der Waals surface area contributed by atoms with Crippen LogP contribution in [0.3, 0.4) is 0 Å². The lowest BCUT2D eigenvalue weighted by Gasteiger charge is -2.23. The largest absolute Gasteiger partial charge is 0.374 e. The molecule has 0 saturated carbocycles. The molecular formula is C10H21N5O. The minimum Gasteiger partial charge on any atom is -0.374 e. The van der Waals surface area contributed by atoms with Crippen LogP contribution in [0.5, 0.6) is 0 Å². The monoisotopic (exact) mass is 227 g/mol. The van der Waals surface area contributed by atoms with E-state index in [-0.39, 0.29) is 11.6 Å². The molecule has 6 heteroatoms. The van der Waals surface area contributed by atoms with E-state index in [1.54, 1.807) is 7.05 Å². The van der Waals surface area contributed by atoms with Crippen LogP contribution >= 0.6 is 0 Å². The molecule has 92 valence electrons. The first kappa shape index (κ1) is 13.1. The van der Waals surface area contributed by atoms with Crippen LogP contribution in [-0.4, -0.2) is 45.5 Å². The highest BCUT2D eigenvalue weighted by Crippen LogP contribution is 2.08. The van der Waals surface area contributed by atoms with Gasteiger partial charge in [-0.15, -0.1) is 10.2 Å². The van der Waals surface area contributed by atoms with Gasteiger partial charge in [-0.1, -0.05) is 0 Å². The van der Waals surface area contributed by atoms with Crippen LogP contribution in [0.4, 0.5) is 0 Å². The third-order valence-electron chi connectivity index (χ3n) is 2.10. The molecule has 1 aromatic heterocycles. The number of nitrogens with one attached hydrogen (secondary N) is 1. The maximum atomic E-state index is 5.72. The highest BCUT2D eigenvalue weighted by Gasteiger charge is 2.16. The van der Waals surface area contributed by atoms with Gasteiger partial charge in [0.05, 0.1) is 19.3 Å². The van der Waals surface area contributed by atoms with E-state index >= 15 is 0 Å². The third-order valence-corrected chi connectivity index (χ3v) is 2.10. The van der Waals surface area contributed by atoms with Crippen molar-refractivity contribution in [3.63, 3.8) is 0 Å². The molecule has 1 aromatic rings. The van der Waals surface area contributed by atoms with Crippen molar-refractivity contribution in [3.05, 3.63) is 5.82 Å². The van der Waals surface area contributed by atoms with Gasteiger partial charge in [-0.25, -0.2) is 0 Å². The Kier molecular flexibility index (Phi) is 4.37. The molecule has 0 spiro atoms. The van der Waals surface area contributed by atoms with E-state index in [1.165, 1.54) is 4.80 Å². The van der Waals surface area contributed by atoms with Gasteiger partial charge in [-0.3, -0.25) is 0 Å². The summed E-state index contributed by atoms with van der Waals surface area (Å²) in [6.07, 6.45) is 0.723. The standard InChI is InChI=1S/C10H21N5O/c1-10(2,3)16-7-8(11-4)6-9-12-14-15(5)13-9/h8,11H,6-7H2,1-5H3. The maximum Gasteiger partial charge on any atom is 0.176 e. The van der Waals surface area contributed by atoms with Crippen molar-refractivity contribution in [1.29, 1.82) is 0 Å². The second-order valence-corrected chi connectivity index (χ2v) is 4.81. The quantitative estimate of drug-likeness (QED) is 0.776. The number of aromatic nitrogens is 4. The number of rotatable bonds is 5. The number of tetrazole rings is 1. The Morgan fingerprint density at radius 1 is 1.44 bits per heavy atom. The summed E-state index contributed by atoms with van der Waals surface area (Å²) in [4.78, 5) is 1.46. The molecule has 6 nitrogen and oxygen atoms in total. The molecule has 1 heterocycles. The fourth-order valence-electron chi connectivity index (χ4n) is 1.22. The van der Waals surface area contributed by atoms with Gasteiger partial charge in [0, 0.05) is 12.5 Å². The van der Waals surface area contributed by atoms with E-state index in [2.05, 4.69) is 20.7 Å². The molecular weight excluding hydrogens is 206 g/mol. The van der Waals surface area contributed by atoms with Crippen LogP contribution < -0.4 is 5.32 Å². The Morgan fingerprint density at radius 2 is 2.12 bits per heavy atom. The molecule has 0 amide bonds. The molecule has 0 aliphatic carbocycles. The van der Waals surface area contributed by atoms with E-state index in [0.717, 1.165) is 12.2 Å². The lowest BCUT2D eigenvalue weighted by molar-refractivity contribution is -0.0137. The summed E-state index contributed by atoms with van der Waals surface area (Å²) in [7, 11) is 3.67. The number of likely N-dealkylation sites (N-methyl/N-ethyl adjacent to an activating group) is 1. The molecule has 0 saturated heterocycles. The predicted molar refractivity (Wildman–Crippen MR) is 61.1 cm³/mol. The lowest BCUT2D eigenvalue weighted by atomic mass is 10.1. The van der Waals surface area contributed by atoms with Gasteiger partial charge in [0.25, 0.3) is 0 Å². The van der Waals surface area contributed by atoms with Crippen LogP contribution in [0.1, 0.15) is 26.6 Å². The summed E-state index contributed by atoms with van der Waals surface area (Å²) in [6.45, 7) is 6.76. The zero-order valence-electron chi connectivity index (χ0n) is 10.7. The Hall–Kier alpha value is -1.01. The molecule has 0 radical (unpaired) electrons. The number of hydrogen-bond acceptors (Lipinski definition) is 5. The Balaban J connectivity index is 2.43. The van der Waals surface area contributed by atoms with E-state index in [4.69, 9.17) is 4.74 Å². The van der Waals surface area contributed by atoms with Crippen molar-refractivity contribution >= 4 is 0 Å². The van der Waals surface area contributed by atoms with Crippen LogP contribution in [0.25, 0.3) is 0 Å². The molecule has 0 aliphatic heterocycles. The van der Waals surface area contributed by atoms with Gasteiger partial charge in [0.1, 0.15) is 0 Å². The highest BCUT2D eigenvalue weighted by atomic mass is 16.5. The molecule has 16 heavy (non-hydrogen) atoms. The highest BCUT2D eigenvalue weighted by molar-refractivity contribution is 4.84. The van der Waals surface area contributed by atoms with E-state index in [0.29, 0.717) is 6.61 Å². The smallest absolute Gasteiger partial charge is 0.176 e. The van der Waals surface area contributed by atoms with Gasteiger partial charge in [-0.2, -0.15) is 4.80 Å². The number of aryl methyl sites for hydroxylation is 1. The molecule has 1 unspecified atom stereocenters. The molecule has 1 N–H and O–H groups in total. The van der Waals surface area contributed by atoms with E-state index in [9.17, 15) is 0 Å². The summed E-state index contributed by atoms with van der Waals surface area (Å²) in [5, 5.41) is 15.1. The predicted octanol–water partition coefficient (Wildman–Crippen LogP) is 0.156. The fourth-order valence-corrected chi connectivity index (χ4v) is 1.22. The van der Waals surface area contributed by atoms with Gasteiger partial charge in [0.15, 0.2) is 5.82 Å². The Bertz CT molecular complexity index is 317. The van der Waals surface area contributed by atoms with Crippen LogP contribution in [0.2, 0.25) is 0 Å². The zero-order valence-corrected chi connectivity index (χ0v) is 10.7. The maximum absolute atomic E-state index is 5.72. The molecule has 1 rings (SSSR count). The van der Waals surface area contributed by atoms with Crippen molar-refractivity contribution < 1.29 is 4.74 Å². The summed E-state index contributed by atoms with van der Waals surface area (Å²) in [6, 6.07) is 0.212. The molecule has 0 aromatic carbocycles. The first-order valence-corrected chi connectivity index (χ1v) is 5.45. The van der Waals surface area contributed by atoms with Gasteiger partial charge >= 0.3 is 0 Å². The molecule has 1 atom stereocenters. The second kappa shape index (κ2) is 5.36. The average molecular weight is 227 g/mol. The van der Waals surface area contributed by atoms with E-state index < -0.39 is 0 Å². The number of hydrogen-bond donors (Lipinski definition) is 1. The van der Waals surface area contributed by atoms with E-state index in [1.807, 2.05) is 27.8 Å². The second-order valence-electron chi connectivity index (χ2n) is 4.81. The zero-order chi connectivity index (χ0) is 12.2. The van der Waals surface area contributed by atoms with Crippen molar-refractivity contribution in [2.75, 3.05) is 13.7 Å². The van der Waals surface area contributed by atoms with Crippen LogP contribution in [0, 0.1) is 0 Å². The minimum atomic E-state index is -0.120. The van der Waals surface area contributed by atoms with Crippen molar-refractivity contribution in [1.82, 2.24) is 25.5 Å². The Morgan fingerprint density at radius 3 is 2.56 bits per heavy atom. The Labute approximate surface area is 96.4 Å². The first-order valence-electron chi connectivity index (χ1n) is 5.45. The summed E-state index contributed by atoms with van der Waals surface area (Å²) in [5.41, 5.74) is -0.120. The number of ether oxygens (including phenoxy) is 1. The van der Waals surface area contributed by atoms with Crippen molar-refractivity contribution in [2.45, 2.75) is 38.8 Å². The molecule has 0 aliphatic rings.